The SMILES string of the molecule is Cc1cc(F)c(-c2ncccn2)c(C(=O)N2CCCC(C)C2CNc2nc3ccc(F)cc3o2)c1. The normalized spacial score (nSPS) is 18.1. The lowest BCUT2D eigenvalue weighted by Gasteiger charge is -2.40. The van der Waals surface area contributed by atoms with Gasteiger partial charge in [0.1, 0.15) is 17.2 Å². The molecule has 5 rings (SSSR count). The number of halogens is 2. The smallest absolute Gasteiger partial charge is 0.295 e. The molecule has 2 aromatic carbocycles. The number of anilines is 1. The average Bonchev–Trinajstić information content (AvgIpc) is 3.24. The Kier molecular flexibility index (Phi) is 6.15. The number of nitrogens with one attached hydrogen (secondary N) is 1. The third-order valence-electron chi connectivity index (χ3n) is 6.44. The summed E-state index contributed by atoms with van der Waals surface area (Å²) >= 11 is 0. The maximum absolute atomic E-state index is 15.1. The molecule has 2 atom stereocenters. The zero-order valence-electron chi connectivity index (χ0n) is 19.5. The lowest BCUT2D eigenvalue weighted by molar-refractivity contribution is 0.0539. The van der Waals surface area contributed by atoms with Crippen molar-refractivity contribution >= 4 is 23.0 Å². The first-order valence-electron chi connectivity index (χ1n) is 11.6. The zero-order chi connectivity index (χ0) is 24.5. The van der Waals surface area contributed by atoms with Gasteiger partial charge in [0.25, 0.3) is 11.9 Å². The molecule has 1 fully saturated rings. The van der Waals surface area contributed by atoms with Gasteiger partial charge in [-0.05, 0) is 61.6 Å². The first-order chi connectivity index (χ1) is 16.9. The van der Waals surface area contributed by atoms with Gasteiger partial charge in [0.15, 0.2) is 11.4 Å². The summed E-state index contributed by atoms with van der Waals surface area (Å²) in [5.74, 6) is -0.840. The standard InChI is InChI=1S/C26H25F2N5O2/c1-15-11-18(23(19(28)12-15)24-29-8-4-9-30-24)25(34)33-10-3-5-16(2)21(33)14-31-26-32-20-7-6-17(27)13-22(20)35-26/h4,6-9,11-13,16,21H,3,5,10,14H2,1-2H3,(H,31,32). The zero-order valence-corrected chi connectivity index (χ0v) is 19.5. The second-order valence-corrected chi connectivity index (χ2v) is 8.94. The van der Waals surface area contributed by atoms with E-state index in [1.54, 1.807) is 30.0 Å². The van der Waals surface area contributed by atoms with E-state index in [0.717, 1.165) is 12.8 Å². The summed E-state index contributed by atoms with van der Waals surface area (Å²) in [5, 5.41) is 3.17. The summed E-state index contributed by atoms with van der Waals surface area (Å²) in [7, 11) is 0. The van der Waals surface area contributed by atoms with Crippen molar-refractivity contribution < 1.29 is 18.0 Å². The highest BCUT2D eigenvalue weighted by Crippen LogP contribution is 2.31. The number of hydrogen-bond acceptors (Lipinski definition) is 6. The molecule has 1 aliphatic heterocycles. The maximum atomic E-state index is 15.1. The Morgan fingerprint density at radius 2 is 2.00 bits per heavy atom. The van der Waals surface area contributed by atoms with Crippen LogP contribution in [0.25, 0.3) is 22.5 Å². The van der Waals surface area contributed by atoms with Crippen LogP contribution in [-0.2, 0) is 0 Å². The minimum atomic E-state index is -0.530. The molecule has 180 valence electrons. The number of fused-ring (bicyclic) bond motifs is 1. The first kappa shape index (κ1) is 22.9. The molecular formula is C26H25F2N5O2. The molecule has 9 heteroatoms. The number of carbonyl (C=O) groups excluding carboxylic acids is 1. The lowest BCUT2D eigenvalue weighted by Crippen LogP contribution is -2.51. The maximum Gasteiger partial charge on any atom is 0.295 e. The predicted octanol–water partition coefficient (Wildman–Crippen LogP) is 5.22. The number of oxazole rings is 1. The van der Waals surface area contributed by atoms with Crippen molar-refractivity contribution in [3.63, 3.8) is 0 Å². The van der Waals surface area contributed by atoms with Crippen LogP contribution in [-0.4, -0.2) is 44.9 Å². The minimum Gasteiger partial charge on any atom is -0.423 e. The van der Waals surface area contributed by atoms with Crippen molar-refractivity contribution in [1.29, 1.82) is 0 Å². The van der Waals surface area contributed by atoms with E-state index in [9.17, 15) is 9.18 Å². The van der Waals surface area contributed by atoms with E-state index in [1.807, 2.05) is 0 Å². The van der Waals surface area contributed by atoms with E-state index in [-0.39, 0.29) is 40.8 Å². The second kappa shape index (κ2) is 9.40. The van der Waals surface area contributed by atoms with Crippen molar-refractivity contribution in [2.75, 3.05) is 18.4 Å². The van der Waals surface area contributed by atoms with Gasteiger partial charge in [-0.15, -0.1) is 0 Å². The van der Waals surface area contributed by atoms with Gasteiger partial charge in [0.2, 0.25) is 0 Å². The van der Waals surface area contributed by atoms with Crippen molar-refractivity contribution in [3.8, 4) is 11.4 Å². The summed E-state index contributed by atoms with van der Waals surface area (Å²) in [4.78, 5) is 28.3. The molecular weight excluding hydrogens is 452 g/mol. The van der Waals surface area contributed by atoms with Gasteiger partial charge in [-0.3, -0.25) is 4.79 Å². The molecule has 1 N–H and O–H groups in total. The second-order valence-electron chi connectivity index (χ2n) is 8.94. The van der Waals surface area contributed by atoms with Gasteiger partial charge in [-0.1, -0.05) is 6.92 Å². The number of nitrogens with zero attached hydrogens (tertiary/aromatic N) is 4. The summed E-state index contributed by atoms with van der Waals surface area (Å²) < 4.78 is 34.2. The molecule has 1 amide bonds. The topological polar surface area (TPSA) is 84.2 Å². The molecule has 2 aromatic heterocycles. The van der Waals surface area contributed by atoms with Gasteiger partial charge in [-0.2, -0.15) is 4.98 Å². The van der Waals surface area contributed by atoms with Crippen LogP contribution in [0.5, 0.6) is 0 Å². The summed E-state index contributed by atoms with van der Waals surface area (Å²) in [6.07, 6.45) is 4.85. The number of hydrogen-bond donors (Lipinski definition) is 1. The number of carbonyl (C=O) groups is 1. The number of amides is 1. The Labute approximate surface area is 201 Å². The van der Waals surface area contributed by atoms with E-state index in [2.05, 4.69) is 27.2 Å². The van der Waals surface area contributed by atoms with E-state index in [1.165, 1.54) is 30.6 Å². The summed E-state index contributed by atoms with van der Waals surface area (Å²) in [6.45, 7) is 4.77. The van der Waals surface area contributed by atoms with E-state index in [0.29, 0.717) is 29.8 Å². The highest BCUT2D eigenvalue weighted by Gasteiger charge is 2.34. The monoisotopic (exact) mass is 477 g/mol. The molecule has 0 aliphatic carbocycles. The van der Waals surface area contributed by atoms with Crippen LogP contribution in [0, 0.1) is 24.5 Å². The van der Waals surface area contributed by atoms with E-state index >= 15 is 4.39 Å². The molecule has 1 aliphatic rings. The molecule has 0 radical (unpaired) electrons. The summed E-state index contributed by atoms with van der Waals surface area (Å²) in [6, 6.07) is 8.96. The Bertz CT molecular complexity index is 1380. The van der Waals surface area contributed by atoms with Crippen LogP contribution in [0.15, 0.2) is 53.2 Å². The number of rotatable bonds is 5. The van der Waals surface area contributed by atoms with Crippen molar-refractivity contribution in [3.05, 3.63) is 71.6 Å². The number of benzene rings is 2. The Morgan fingerprint density at radius 1 is 1.20 bits per heavy atom. The fraction of sp³-hybridized carbons (Fsp3) is 0.308. The van der Waals surface area contributed by atoms with Crippen LogP contribution >= 0.6 is 0 Å². The van der Waals surface area contributed by atoms with Crippen molar-refractivity contribution in [2.24, 2.45) is 5.92 Å². The molecule has 0 spiro atoms. The number of aromatic nitrogens is 3. The van der Waals surface area contributed by atoms with Crippen molar-refractivity contribution in [1.82, 2.24) is 19.9 Å². The van der Waals surface area contributed by atoms with E-state index in [4.69, 9.17) is 4.42 Å². The quantitative estimate of drug-likeness (QED) is 0.424. The van der Waals surface area contributed by atoms with Gasteiger partial charge in [-0.25, -0.2) is 18.7 Å². The highest BCUT2D eigenvalue weighted by molar-refractivity contribution is 6.00. The molecule has 7 nitrogen and oxygen atoms in total. The molecule has 1 saturated heterocycles. The molecule has 35 heavy (non-hydrogen) atoms. The Morgan fingerprint density at radius 3 is 2.80 bits per heavy atom. The van der Waals surface area contributed by atoms with Crippen LogP contribution in [0.3, 0.4) is 0 Å². The number of piperidine rings is 1. The minimum absolute atomic E-state index is 0.104. The largest absolute Gasteiger partial charge is 0.423 e. The molecule has 2 unspecified atom stereocenters. The predicted molar refractivity (Wildman–Crippen MR) is 128 cm³/mol. The van der Waals surface area contributed by atoms with Gasteiger partial charge in [0.05, 0.1) is 17.2 Å². The Hall–Kier alpha value is -3.88. The van der Waals surface area contributed by atoms with Crippen LogP contribution in [0.2, 0.25) is 0 Å². The fourth-order valence-electron chi connectivity index (χ4n) is 4.70. The Balaban J connectivity index is 1.44. The third-order valence-corrected chi connectivity index (χ3v) is 6.44. The lowest BCUT2D eigenvalue weighted by atomic mass is 9.89. The van der Waals surface area contributed by atoms with Crippen LogP contribution < -0.4 is 5.32 Å². The molecule has 3 heterocycles. The molecule has 0 saturated carbocycles. The molecule has 0 bridgehead atoms. The number of likely N-dealkylation sites (tertiary alicyclic amines) is 1. The van der Waals surface area contributed by atoms with Crippen molar-refractivity contribution in [2.45, 2.75) is 32.7 Å². The average molecular weight is 478 g/mol. The molecule has 4 aromatic rings. The first-order valence-corrected chi connectivity index (χ1v) is 11.6. The number of aryl methyl sites for hydroxylation is 1. The van der Waals surface area contributed by atoms with Crippen LogP contribution in [0.4, 0.5) is 14.8 Å². The highest BCUT2D eigenvalue weighted by atomic mass is 19.1. The van der Waals surface area contributed by atoms with Gasteiger partial charge in [0, 0.05) is 31.5 Å². The van der Waals surface area contributed by atoms with Gasteiger partial charge < -0.3 is 14.6 Å². The van der Waals surface area contributed by atoms with E-state index < -0.39 is 11.6 Å². The van der Waals surface area contributed by atoms with Gasteiger partial charge >= 0.3 is 0 Å². The summed E-state index contributed by atoms with van der Waals surface area (Å²) in [5.41, 5.74) is 1.88. The fourth-order valence-corrected chi connectivity index (χ4v) is 4.70. The third kappa shape index (κ3) is 4.58. The van der Waals surface area contributed by atoms with Crippen LogP contribution in [0.1, 0.15) is 35.7 Å².